The summed E-state index contributed by atoms with van der Waals surface area (Å²) in [5, 5.41) is 0. The van der Waals surface area contributed by atoms with E-state index in [0.29, 0.717) is 5.57 Å². The Bertz CT molecular complexity index is 244. The van der Waals surface area contributed by atoms with Crippen molar-refractivity contribution in [3.63, 3.8) is 0 Å². The molecule has 0 spiro atoms. The SMILES string of the molecule is C=CC(N)=O.C=CCOC(=O)C(=C)C. The number of carbonyl (C=O) groups is 2. The maximum Gasteiger partial charge on any atom is 0.333 e. The van der Waals surface area contributed by atoms with E-state index in [1.54, 1.807) is 6.92 Å². The number of esters is 1. The molecule has 0 rings (SSSR count). The summed E-state index contributed by atoms with van der Waals surface area (Å²) < 4.78 is 4.60. The summed E-state index contributed by atoms with van der Waals surface area (Å²) in [6, 6.07) is 0. The quantitative estimate of drug-likeness (QED) is 0.414. The predicted octanol–water partition coefficient (Wildman–Crippen LogP) is 0.949. The molecule has 1 amide bonds. The van der Waals surface area contributed by atoms with E-state index < -0.39 is 5.91 Å². The van der Waals surface area contributed by atoms with E-state index >= 15 is 0 Å². The fourth-order valence-electron chi connectivity index (χ4n) is 0.258. The minimum atomic E-state index is -0.481. The van der Waals surface area contributed by atoms with E-state index in [-0.39, 0.29) is 12.6 Å². The monoisotopic (exact) mass is 197 g/mol. The lowest BCUT2D eigenvalue weighted by Crippen LogP contribution is -2.04. The average molecular weight is 197 g/mol. The summed E-state index contributed by atoms with van der Waals surface area (Å²) in [7, 11) is 0. The summed E-state index contributed by atoms with van der Waals surface area (Å²) in [5.41, 5.74) is 4.95. The zero-order valence-electron chi connectivity index (χ0n) is 8.29. The number of carbonyl (C=O) groups excluding carboxylic acids is 2. The highest BCUT2D eigenvalue weighted by Crippen LogP contribution is 1.90. The Morgan fingerprint density at radius 3 is 2.07 bits per heavy atom. The summed E-state index contributed by atoms with van der Waals surface area (Å²) in [6.07, 6.45) is 2.57. The van der Waals surface area contributed by atoms with Gasteiger partial charge in [-0.3, -0.25) is 4.79 Å². The molecule has 0 aliphatic heterocycles. The topological polar surface area (TPSA) is 69.4 Å². The van der Waals surface area contributed by atoms with Gasteiger partial charge in [0.25, 0.3) is 0 Å². The Morgan fingerprint density at radius 1 is 1.43 bits per heavy atom. The minimum absolute atomic E-state index is 0.256. The largest absolute Gasteiger partial charge is 0.458 e. The van der Waals surface area contributed by atoms with E-state index in [1.165, 1.54) is 6.08 Å². The molecule has 0 aliphatic rings. The summed E-state index contributed by atoms with van der Waals surface area (Å²) in [4.78, 5) is 20.0. The van der Waals surface area contributed by atoms with Gasteiger partial charge in [0.2, 0.25) is 5.91 Å². The first kappa shape index (κ1) is 14.7. The number of rotatable bonds is 4. The fraction of sp³-hybridized carbons (Fsp3) is 0.200. The number of ether oxygens (including phenoxy) is 1. The van der Waals surface area contributed by atoms with Crippen LogP contribution in [0.2, 0.25) is 0 Å². The third-order valence-electron chi connectivity index (χ3n) is 0.882. The van der Waals surface area contributed by atoms with Crippen LogP contribution in [0.5, 0.6) is 0 Å². The van der Waals surface area contributed by atoms with Crippen LogP contribution in [0.1, 0.15) is 6.92 Å². The van der Waals surface area contributed by atoms with Gasteiger partial charge in [0.1, 0.15) is 6.61 Å². The molecule has 0 aromatic carbocycles. The van der Waals surface area contributed by atoms with Gasteiger partial charge in [0, 0.05) is 5.57 Å². The van der Waals surface area contributed by atoms with Gasteiger partial charge in [-0.1, -0.05) is 25.8 Å². The normalized spacial score (nSPS) is 7.50. The van der Waals surface area contributed by atoms with E-state index in [4.69, 9.17) is 0 Å². The zero-order valence-corrected chi connectivity index (χ0v) is 8.29. The van der Waals surface area contributed by atoms with Crippen molar-refractivity contribution < 1.29 is 14.3 Å². The van der Waals surface area contributed by atoms with Crippen LogP contribution < -0.4 is 5.73 Å². The number of amides is 1. The van der Waals surface area contributed by atoms with Crippen LogP contribution in [-0.4, -0.2) is 18.5 Å². The van der Waals surface area contributed by atoms with Gasteiger partial charge < -0.3 is 10.5 Å². The van der Waals surface area contributed by atoms with Crippen LogP contribution in [0.25, 0.3) is 0 Å². The van der Waals surface area contributed by atoms with Crippen LogP contribution in [0.15, 0.2) is 37.5 Å². The fourth-order valence-corrected chi connectivity index (χ4v) is 0.258. The Morgan fingerprint density at radius 2 is 1.86 bits per heavy atom. The standard InChI is InChI=1S/C7H10O2.C3H5NO/c1-4-5-9-7(8)6(2)3;1-2-3(4)5/h4H,1-2,5H2,3H3;2H,1H2,(H2,4,5). The highest BCUT2D eigenvalue weighted by atomic mass is 16.5. The summed E-state index contributed by atoms with van der Waals surface area (Å²) >= 11 is 0. The smallest absolute Gasteiger partial charge is 0.333 e. The molecule has 0 aliphatic carbocycles. The lowest BCUT2D eigenvalue weighted by molar-refractivity contribution is -0.137. The second kappa shape index (κ2) is 9.25. The maximum atomic E-state index is 10.5. The van der Waals surface area contributed by atoms with Crippen LogP contribution in [0.3, 0.4) is 0 Å². The molecule has 0 aromatic heterocycles. The minimum Gasteiger partial charge on any atom is -0.458 e. The van der Waals surface area contributed by atoms with Gasteiger partial charge in [0.05, 0.1) is 0 Å². The molecule has 2 N–H and O–H groups in total. The molecule has 0 atom stereocenters. The zero-order chi connectivity index (χ0) is 11.6. The van der Waals surface area contributed by atoms with Gasteiger partial charge in [-0.25, -0.2) is 4.79 Å². The van der Waals surface area contributed by atoms with Gasteiger partial charge in [-0.2, -0.15) is 0 Å². The van der Waals surface area contributed by atoms with Crippen molar-refractivity contribution in [1.82, 2.24) is 0 Å². The molecule has 0 radical (unpaired) electrons. The van der Waals surface area contributed by atoms with Crippen molar-refractivity contribution in [1.29, 1.82) is 0 Å². The number of primary amides is 1. The molecule has 78 valence electrons. The van der Waals surface area contributed by atoms with E-state index in [1.807, 2.05) is 0 Å². The van der Waals surface area contributed by atoms with Crippen LogP contribution in [-0.2, 0) is 14.3 Å². The van der Waals surface area contributed by atoms with Crippen LogP contribution in [0.4, 0.5) is 0 Å². The maximum absolute atomic E-state index is 10.5. The molecule has 0 saturated carbocycles. The van der Waals surface area contributed by atoms with E-state index in [0.717, 1.165) is 6.08 Å². The first-order chi connectivity index (χ1) is 6.45. The number of nitrogens with two attached hydrogens (primary N) is 1. The highest BCUT2D eigenvalue weighted by Gasteiger charge is 1.98. The van der Waals surface area contributed by atoms with Gasteiger partial charge >= 0.3 is 5.97 Å². The van der Waals surface area contributed by atoms with Gasteiger partial charge in [0.15, 0.2) is 0 Å². The first-order valence-corrected chi connectivity index (χ1v) is 3.81. The lowest BCUT2D eigenvalue weighted by Gasteiger charge is -1.97. The third-order valence-corrected chi connectivity index (χ3v) is 0.882. The van der Waals surface area contributed by atoms with Crippen molar-refractivity contribution in [2.75, 3.05) is 6.61 Å². The lowest BCUT2D eigenvalue weighted by atomic mass is 10.4. The van der Waals surface area contributed by atoms with Crippen molar-refractivity contribution in [2.45, 2.75) is 6.92 Å². The third kappa shape index (κ3) is 12.8. The van der Waals surface area contributed by atoms with E-state index in [2.05, 4.69) is 30.2 Å². The molecule has 4 heteroatoms. The second-order valence-corrected chi connectivity index (χ2v) is 2.27. The highest BCUT2D eigenvalue weighted by molar-refractivity contribution is 5.87. The predicted molar refractivity (Wildman–Crippen MR) is 55.4 cm³/mol. The Hall–Kier alpha value is -1.84. The van der Waals surface area contributed by atoms with E-state index in [9.17, 15) is 9.59 Å². The van der Waals surface area contributed by atoms with Crippen LogP contribution in [0, 0.1) is 0 Å². The molecule has 14 heavy (non-hydrogen) atoms. The summed E-state index contributed by atoms with van der Waals surface area (Å²) in [5.74, 6) is -0.847. The molecule has 4 nitrogen and oxygen atoms in total. The van der Waals surface area contributed by atoms with Crippen molar-refractivity contribution in [2.24, 2.45) is 5.73 Å². The Kier molecular flexibility index (Phi) is 9.69. The molecular weight excluding hydrogens is 182 g/mol. The molecular formula is C10H15NO3. The van der Waals surface area contributed by atoms with Crippen molar-refractivity contribution in [3.8, 4) is 0 Å². The Labute approximate surface area is 83.7 Å². The number of hydrogen-bond acceptors (Lipinski definition) is 3. The average Bonchev–Trinajstić information content (AvgIpc) is 2.14. The van der Waals surface area contributed by atoms with Crippen LogP contribution >= 0.6 is 0 Å². The van der Waals surface area contributed by atoms with Gasteiger partial charge in [-0.15, -0.1) is 0 Å². The number of hydrogen-bond donors (Lipinski definition) is 1. The molecule has 0 unspecified atom stereocenters. The second-order valence-electron chi connectivity index (χ2n) is 2.27. The van der Waals surface area contributed by atoms with Crippen molar-refractivity contribution >= 4 is 11.9 Å². The Balaban J connectivity index is 0. The molecule has 0 heterocycles. The van der Waals surface area contributed by atoms with Gasteiger partial charge in [-0.05, 0) is 13.0 Å². The van der Waals surface area contributed by atoms with Crippen molar-refractivity contribution in [3.05, 3.63) is 37.5 Å². The molecule has 0 saturated heterocycles. The molecule has 0 fully saturated rings. The summed E-state index contributed by atoms with van der Waals surface area (Å²) in [6.45, 7) is 11.7. The molecule has 0 bridgehead atoms. The first-order valence-electron chi connectivity index (χ1n) is 3.81. The molecule has 0 aromatic rings.